The van der Waals surface area contributed by atoms with Gasteiger partial charge < -0.3 is 0 Å². The predicted molar refractivity (Wildman–Crippen MR) is 79.1 cm³/mol. The Balaban J connectivity index is 2.18. The van der Waals surface area contributed by atoms with Crippen molar-refractivity contribution in [1.82, 2.24) is 14.8 Å². The van der Waals surface area contributed by atoms with Crippen molar-refractivity contribution in [2.24, 2.45) is 0 Å². The van der Waals surface area contributed by atoms with Crippen molar-refractivity contribution in [3.63, 3.8) is 0 Å². The van der Waals surface area contributed by atoms with Gasteiger partial charge in [0.25, 0.3) is 5.56 Å². The average molecular weight is 265 g/mol. The Morgan fingerprint density at radius 2 is 1.85 bits per heavy atom. The highest BCUT2D eigenvalue weighted by atomic mass is 16.1. The van der Waals surface area contributed by atoms with Gasteiger partial charge in [-0.25, -0.2) is 9.67 Å². The Bertz CT molecular complexity index is 800. The van der Waals surface area contributed by atoms with Crippen LogP contribution in [0.15, 0.2) is 53.5 Å². The molecule has 4 heteroatoms. The van der Waals surface area contributed by atoms with Crippen LogP contribution in [-0.4, -0.2) is 14.8 Å². The first-order valence-electron chi connectivity index (χ1n) is 6.47. The van der Waals surface area contributed by atoms with Crippen molar-refractivity contribution >= 4 is 0 Å². The number of aromatic amines is 1. The quantitative estimate of drug-likeness (QED) is 0.774. The van der Waals surface area contributed by atoms with Gasteiger partial charge in [-0.3, -0.25) is 9.89 Å². The zero-order chi connectivity index (χ0) is 14.1. The number of nitrogens with one attached hydrogen (secondary N) is 1. The van der Waals surface area contributed by atoms with Crippen molar-refractivity contribution in [1.29, 1.82) is 0 Å². The minimum Gasteiger partial charge on any atom is -0.289 e. The summed E-state index contributed by atoms with van der Waals surface area (Å²) >= 11 is 0. The summed E-state index contributed by atoms with van der Waals surface area (Å²) in [6, 6.07) is 13.6. The van der Waals surface area contributed by atoms with Gasteiger partial charge >= 0.3 is 0 Å². The fourth-order valence-electron chi connectivity index (χ4n) is 2.21. The molecule has 0 aliphatic heterocycles. The van der Waals surface area contributed by atoms with E-state index in [0.717, 1.165) is 16.8 Å². The minimum absolute atomic E-state index is 0.0676. The largest absolute Gasteiger partial charge is 0.289 e. The molecule has 0 radical (unpaired) electrons. The molecule has 0 amide bonds. The molecule has 20 heavy (non-hydrogen) atoms. The molecule has 4 nitrogen and oxygen atoms in total. The Labute approximate surface area is 116 Å². The van der Waals surface area contributed by atoms with E-state index in [-0.39, 0.29) is 5.56 Å². The summed E-state index contributed by atoms with van der Waals surface area (Å²) < 4.78 is 1.49. The van der Waals surface area contributed by atoms with Gasteiger partial charge in [-0.05, 0) is 37.1 Å². The zero-order valence-corrected chi connectivity index (χ0v) is 11.4. The summed E-state index contributed by atoms with van der Waals surface area (Å²) in [5.41, 5.74) is 3.52. The second-order valence-electron chi connectivity index (χ2n) is 4.81. The molecular formula is C16H15N3O. The second-order valence-corrected chi connectivity index (χ2v) is 4.81. The Hall–Kier alpha value is -2.62. The summed E-state index contributed by atoms with van der Waals surface area (Å²) in [6.07, 6.45) is 1.70. The van der Waals surface area contributed by atoms with Crippen molar-refractivity contribution in [3.05, 3.63) is 70.1 Å². The van der Waals surface area contributed by atoms with Gasteiger partial charge in [0.2, 0.25) is 0 Å². The van der Waals surface area contributed by atoms with Gasteiger partial charge in [0.05, 0.1) is 5.69 Å². The van der Waals surface area contributed by atoms with Crippen LogP contribution in [0.4, 0.5) is 0 Å². The number of hydrogen-bond donors (Lipinski definition) is 1. The molecule has 0 aliphatic rings. The molecule has 2 heterocycles. The topological polar surface area (TPSA) is 50.7 Å². The first-order chi connectivity index (χ1) is 9.66. The van der Waals surface area contributed by atoms with Crippen LogP contribution in [0, 0.1) is 13.8 Å². The third kappa shape index (κ3) is 2.05. The van der Waals surface area contributed by atoms with E-state index >= 15 is 0 Å². The van der Waals surface area contributed by atoms with Crippen molar-refractivity contribution in [2.45, 2.75) is 13.8 Å². The first kappa shape index (κ1) is 12.4. The van der Waals surface area contributed by atoms with Gasteiger partial charge in [-0.2, -0.15) is 0 Å². The van der Waals surface area contributed by atoms with E-state index in [0.29, 0.717) is 11.4 Å². The highest BCUT2D eigenvalue weighted by molar-refractivity contribution is 5.62. The summed E-state index contributed by atoms with van der Waals surface area (Å²) in [7, 11) is 0. The van der Waals surface area contributed by atoms with Crippen LogP contribution in [0.2, 0.25) is 0 Å². The SMILES string of the molecule is Cc1ccnc(-n2[nH]c(-c3ccccc3)c(C)c2=O)c1. The van der Waals surface area contributed by atoms with E-state index in [2.05, 4.69) is 10.1 Å². The molecule has 0 unspecified atom stereocenters. The number of H-pyrrole nitrogens is 1. The standard InChI is InChI=1S/C16H15N3O/c1-11-8-9-17-14(10-11)19-16(20)12(2)15(18-19)13-6-4-3-5-7-13/h3-10,18H,1-2H3. The molecule has 0 atom stereocenters. The van der Waals surface area contributed by atoms with Gasteiger partial charge in [0.1, 0.15) is 0 Å². The lowest BCUT2D eigenvalue weighted by Gasteiger charge is -2.02. The lowest BCUT2D eigenvalue weighted by molar-refractivity contribution is 0.818. The van der Waals surface area contributed by atoms with Crippen LogP contribution in [0.25, 0.3) is 17.1 Å². The van der Waals surface area contributed by atoms with Crippen LogP contribution in [0.3, 0.4) is 0 Å². The molecule has 0 saturated heterocycles. The number of aryl methyl sites for hydroxylation is 1. The van der Waals surface area contributed by atoms with Crippen molar-refractivity contribution in [3.8, 4) is 17.1 Å². The van der Waals surface area contributed by atoms with Crippen molar-refractivity contribution in [2.75, 3.05) is 0 Å². The van der Waals surface area contributed by atoms with E-state index in [4.69, 9.17) is 0 Å². The Kier molecular flexibility index (Phi) is 2.99. The molecular weight excluding hydrogens is 250 g/mol. The third-order valence-corrected chi connectivity index (χ3v) is 3.32. The Morgan fingerprint density at radius 3 is 2.55 bits per heavy atom. The van der Waals surface area contributed by atoms with E-state index in [1.165, 1.54) is 4.68 Å². The fourth-order valence-corrected chi connectivity index (χ4v) is 2.21. The number of aromatic nitrogens is 3. The summed E-state index contributed by atoms with van der Waals surface area (Å²) in [5, 5.41) is 3.15. The van der Waals surface area contributed by atoms with Gasteiger partial charge in [-0.15, -0.1) is 0 Å². The van der Waals surface area contributed by atoms with Crippen LogP contribution in [0.5, 0.6) is 0 Å². The number of benzene rings is 1. The highest BCUT2D eigenvalue weighted by Crippen LogP contribution is 2.19. The monoisotopic (exact) mass is 265 g/mol. The van der Waals surface area contributed by atoms with E-state index in [1.54, 1.807) is 6.20 Å². The molecule has 0 saturated carbocycles. The Morgan fingerprint density at radius 1 is 1.10 bits per heavy atom. The van der Waals surface area contributed by atoms with Crippen LogP contribution >= 0.6 is 0 Å². The van der Waals surface area contributed by atoms with Crippen molar-refractivity contribution < 1.29 is 0 Å². The lowest BCUT2D eigenvalue weighted by Crippen LogP contribution is -2.16. The van der Waals surface area contributed by atoms with Gasteiger partial charge in [0, 0.05) is 11.8 Å². The molecule has 0 fully saturated rings. The smallest absolute Gasteiger partial charge is 0.276 e. The predicted octanol–water partition coefficient (Wildman–Crippen LogP) is 2.84. The highest BCUT2D eigenvalue weighted by Gasteiger charge is 2.13. The number of hydrogen-bond acceptors (Lipinski definition) is 2. The maximum absolute atomic E-state index is 12.4. The molecule has 3 rings (SSSR count). The lowest BCUT2D eigenvalue weighted by atomic mass is 10.1. The third-order valence-electron chi connectivity index (χ3n) is 3.32. The average Bonchev–Trinajstić information content (AvgIpc) is 2.76. The molecule has 3 aromatic rings. The molecule has 2 aromatic heterocycles. The number of pyridine rings is 1. The summed E-state index contributed by atoms with van der Waals surface area (Å²) in [5.74, 6) is 0.611. The number of rotatable bonds is 2. The minimum atomic E-state index is -0.0676. The zero-order valence-electron chi connectivity index (χ0n) is 11.4. The van der Waals surface area contributed by atoms with E-state index < -0.39 is 0 Å². The molecule has 0 spiro atoms. The number of nitrogens with zero attached hydrogens (tertiary/aromatic N) is 2. The van der Waals surface area contributed by atoms with Crippen LogP contribution in [0.1, 0.15) is 11.1 Å². The molecule has 100 valence electrons. The molecule has 0 bridgehead atoms. The molecule has 1 N–H and O–H groups in total. The summed E-state index contributed by atoms with van der Waals surface area (Å²) in [6.45, 7) is 3.80. The molecule has 0 aliphatic carbocycles. The maximum Gasteiger partial charge on any atom is 0.276 e. The fraction of sp³-hybridized carbons (Fsp3) is 0.125. The summed E-state index contributed by atoms with van der Waals surface area (Å²) in [4.78, 5) is 16.6. The van der Waals surface area contributed by atoms with Crippen LogP contribution in [-0.2, 0) is 0 Å². The van der Waals surface area contributed by atoms with Crippen LogP contribution < -0.4 is 5.56 Å². The molecule has 1 aromatic carbocycles. The maximum atomic E-state index is 12.4. The van der Waals surface area contributed by atoms with Gasteiger partial charge in [-0.1, -0.05) is 30.3 Å². The van der Waals surface area contributed by atoms with Gasteiger partial charge in [0.15, 0.2) is 5.82 Å². The second kappa shape index (κ2) is 4.81. The van der Waals surface area contributed by atoms with E-state index in [9.17, 15) is 4.79 Å². The first-order valence-corrected chi connectivity index (χ1v) is 6.47. The normalized spacial score (nSPS) is 10.7. The van der Waals surface area contributed by atoms with E-state index in [1.807, 2.05) is 56.3 Å².